The van der Waals surface area contributed by atoms with Crippen LogP contribution in [-0.4, -0.2) is 0 Å². The van der Waals surface area contributed by atoms with Crippen molar-refractivity contribution in [1.82, 2.24) is 0 Å². The lowest BCUT2D eigenvalue weighted by molar-refractivity contribution is 1.29. The third-order valence-electron chi connectivity index (χ3n) is 10.7. The van der Waals surface area contributed by atoms with Crippen molar-refractivity contribution >= 4 is 102 Å². The van der Waals surface area contributed by atoms with Gasteiger partial charge in [0.2, 0.25) is 0 Å². The molecule has 2 aromatic heterocycles. The van der Waals surface area contributed by atoms with Gasteiger partial charge in [-0.15, -0.1) is 22.7 Å². The van der Waals surface area contributed by atoms with Crippen LogP contribution >= 0.6 is 22.7 Å². The highest BCUT2D eigenvalue weighted by Crippen LogP contribution is 2.45. The molecule has 9 aromatic carbocycles. The molecular formula is C50H31NS2. The minimum Gasteiger partial charge on any atom is -0.310 e. The fourth-order valence-electron chi connectivity index (χ4n) is 8.14. The van der Waals surface area contributed by atoms with E-state index in [1.54, 1.807) is 0 Å². The average Bonchev–Trinajstić information content (AvgIpc) is 3.79. The summed E-state index contributed by atoms with van der Waals surface area (Å²) in [6.45, 7) is 0. The first kappa shape index (κ1) is 30.4. The first-order valence-electron chi connectivity index (χ1n) is 18.0. The zero-order valence-corrected chi connectivity index (χ0v) is 30.3. The topological polar surface area (TPSA) is 3.24 Å². The van der Waals surface area contributed by atoms with Crippen LogP contribution in [0.3, 0.4) is 0 Å². The van der Waals surface area contributed by atoms with Crippen molar-refractivity contribution in [3.8, 4) is 22.3 Å². The van der Waals surface area contributed by atoms with Gasteiger partial charge in [-0.3, -0.25) is 0 Å². The van der Waals surface area contributed by atoms with Gasteiger partial charge in [0.05, 0.1) is 0 Å². The van der Waals surface area contributed by atoms with Gasteiger partial charge in [-0.1, -0.05) is 127 Å². The Labute approximate surface area is 315 Å². The van der Waals surface area contributed by atoms with E-state index in [1.165, 1.54) is 84.1 Å². The van der Waals surface area contributed by atoms with E-state index in [-0.39, 0.29) is 0 Å². The number of anilines is 3. The van der Waals surface area contributed by atoms with Crippen molar-refractivity contribution in [3.63, 3.8) is 0 Å². The van der Waals surface area contributed by atoms with E-state index in [1.807, 2.05) is 22.7 Å². The largest absolute Gasteiger partial charge is 0.310 e. The minimum atomic E-state index is 1.12. The number of hydrogen-bond acceptors (Lipinski definition) is 3. The standard InChI is InChI=1S/C50H31NS2/c1-2-12-38-32(10-1)11-9-17-39(38)33-20-24-35(25-21-33)51(37-28-29-49-45(30-37)41-14-5-7-18-47(41)52-49)36-26-22-34(23-27-36)44-31-46-42-15-6-8-19-48(42)53-50(46)43-16-4-3-13-40(43)44/h1-31H. The maximum absolute atomic E-state index is 2.41. The molecule has 0 aliphatic rings. The van der Waals surface area contributed by atoms with Crippen molar-refractivity contribution < 1.29 is 0 Å². The highest BCUT2D eigenvalue weighted by Gasteiger charge is 2.17. The molecule has 0 unspecified atom stereocenters. The van der Waals surface area contributed by atoms with E-state index in [0.29, 0.717) is 0 Å². The average molecular weight is 710 g/mol. The van der Waals surface area contributed by atoms with Gasteiger partial charge in [-0.2, -0.15) is 0 Å². The summed E-state index contributed by atoms with van der Waals surface area (Å²) in [5.41, 5.74) is 8.33. The molecule has 11 rings (SSSR count). The van der Waals surface area contributed by atoms with Crippen molar-refractivity contribution in [2.24, 2.45) is 0 Å². The second-order valence-corrected chi connectivity index (χ2v) is 15.8. The van der Waals surface area contributed by atoms with Gasteiger partial charge in [0, 0.05) is 62.8 Å². The Morgan fingerprint density at radius 2 is 0.830 bits per heavy atom. The fraction of sp³-hybridized carbons (Fsp3) is 0. The molecule has 1 nitrogen and oxygen atoms in total. The second-order valence-electron chi connectivity index (χ2n) is 13.7. The number of hydrogen-bond donors (Lipinski definition) is 0. The molecule has 0 radical (unpaired) electrons. The van der Waals surface area contributed by atoms with Crippen LogP contribution in [0.5, 0.6) is 0 Å². The van der Waals surface area contributed by atoms with E-state index < -0.39 is 0 Å². The molecule has 0 aliphatic heterocycles. The minimum absolute atomic E-state index is 1.12. The number of benzene rings is 9. The molecule has 2 heterocycles. The van der Waals surface area contributed by atoms with Gasteiger partial charge in [0.15, 0.2) is 0 Å². The van der Waals surface area contributed by atoms with Gasteiger partial charge >= 0.3 is 0 Å². The lowest BCUT2D eigenvalue weighted by atomic mass is 9.95. The van der Waals surface area contributed by atoms with Crippen molar-refractivity contribution in [2.75, 3.05) is 4.90 Å². The van der Waals surface area contributed by atoms with Crippen LogP contribution < -0.4 is 4.90 Å². The van der Waals surface area contributed by atoms with Crippen molar-refractivity contribution in [2.45, 2.75) is 0 Å². The summed E-state index contributed by atoms with van der Waals surface area (Å²) in [6.07, 6.45) is 0. The summed E-state index contributed by atoms with van der Waals surface area (Å²) in [5.74, 6) is 0. The molecule has 0 fully saturated rings. The quantitative estimate of drug-likeness (QED) is 0.172. The molecular weight excluding hydrogens is 679 g/mol. The Kier molecular flexibility index (Phi) is 6.97. The molecule has 53 heavy (non-hydrogen) atoms. The highest BCUT2D eigenvalue weighted by molar-refractivity contribution is 7.26. The molecule has 0 N–H and O–H groups in total. The Hall–Kier alpha value is -6.26. The van der Waals surface area contributed by atoms with Crippen molar-refractivity contribution in [3.05, 3.63) is 188 Å². The molecule has 11 aromatic rings. The molecule has 0 amide bonds. The van der Waals surface area contributed by atoms with Gasteiger partial charge < -0.3 is 4.90 Å². The molecule has 0 spiro atoms. The van der Waals surface area contributed by atoms with Crippen LogP contribution in [-0.2, 0) is 0 Å². The Balaban J connectivity index is 1.06. The van der Waals surface area contributed by atoms with E-state index in [0.717, 1.165) is 17.1 Å². The molecule has 0 atom stereocenters. The first-order chi connectivity index (χ1) is 26.3. The van der Waals surface area contributed by atoms with Crippen LogP contribution in [0, 0.1) is 0 Å². The molecule has 0 bridgehead atoms. The van der Waals surface area contributed by atoms with E-state index >= 15 is 0 Å². The number of thiophene rings is 2. The molecule has 0 aliphatic carbocycles. The number of nitrogens with zero attached hydrogens (tertiary/aromatic N) is 1. The molecule has 0 saturated carbocycles. The van der Waals surface area contributed by atoms with E-state index in [2.05, 4.69) is 193 Å². The summed E-state index contributed by atoms with van der Waals surface area (Å²) in [5, 5.41) is 10.4. The molecule has 248 valence electrons. The monoisotopic (exact) mass is 709 g/mol. The molecule has 0 saturated heterocycles. The summed E-state index contributed by atoms with van der Waals surface area (Å²) in [4.78, 5) is 2.40. The normalized spacial score (nSPS) is 11.8. The predicted molar refractivity (Wildman–Crippen MR) is 233 cm³/mol. The van der Waals surface area contributed by atoms with E-state index in [4.69, 9.17) is 0 Å². The third kappa shape index (κ3) is 4.97. The number of rotatable bonds is 5. The fourth-order valence-corrected chi connectivity index (χ4v) is 10.5. The summed E-state index contributed by atoms with van der Waals surface area (Å²) < 4.78 is 5.31. The number of fused-ring (bicyclic) bond motifs is 9. The van der Waals surface area contributed by atoms with Crippen LogP contribution in [0.15, 0.2) is 188 Å². The van der Waals surface area contributed by atoms with Gasteiger partial charge in [-0.05, 0) is 99.1 Å². The SMILES string of the molecule is c1ccc2c(-c3ccc(N(c4ccc(-c5cc6c7ccccc7sc6c6ccccc56)cc4)c4ccc5sc6ccccc6c5c4)cc3)cccc2c1. The zero-order chi connectivity index (χ0) is 34.9. The summed E-state index contributed by atoms with van der Waals surface area (Å²) in [6, 6.07) is 69.2. The zero-order valence-electron chi connectivity index (χ0n) is 28.7. The third-order valence-corrected chi connectivity index (χ3v) is 13.0. The first-order valence-corrected chi connectivity index (χ1v) is 19.6. The predicted octanol–water partition coefficient (Wildman–Crippen LogP) is 15.5. The van der Waals surface area contributed by atoms with Crippen LogP contribution in [0.25, 0.3) is 84.1 Å². The summed E-state index contributed by atoms with van der Waals surface area (Å²) >= 11 is 3.75. The maximum Gasteiger partial charge on any atom is 0.0468 e. The lowest BCUT2D eigenvalue weighted by Crippen LogP contribution is -2.09. The van der Waals surface area contributed by atoms with E-state index in [9.17, 15) is 0 Å². The Bertz CT molecular complexity index is 3160. The Morgan fingerprint density at radius 3 is 1.57 bits per heavy atom. The van der Waals surface area contributed by atoms with Gasteiger partial charge in [0.25, 0.3) is 0 Å². The Morgan fingerprint density at radius 1 is 0.302 bits per heavy atom. The second kappa shape index (κ2) is 12.2. The maximum atomic E-state index is 2.41. The molecule has 3 heteroatoms. The lowest BCUT2D eigenvalue weighted by Gasteiger charge is -2.26. The van der Waals surface area contributed by atoms with Crippen LogP contribution in [0.1, 0.15) is 0 Å². The van der Waals surface area contributed by atoms with Gasteiger partial charge in [-0.25, -0.2) is 0 Å². The van der Waals surface area contributed by atoms with Crippen molar-refractivity contribution in [1.29, 1.82) is 0 Å². The van der Waals surface area contributed by atoms with Crippen LogP contribution in [0.4, 0.5) is 17.1 Å². The summed E-state index contributed by atoms with van der Waals surface area (Å²) in [7, 11) is 0. The smallest absolute Gasteiger partial charge is 0.0468 e. The highest BCUT2D eigenvalue weighted by atomic mass is 32.1. The van der Waals surface area contributed by atoms with Gasteiger partial charge in [0.1, 0.15) is 0 Å². The van der Waals surface area contributed by atoms with Crippen LogP contribution in [0.2, 0.25) is 0 Å².